The van der Waals surface area contributed by atoms with E-state index in [0.29, 0.717) is 21.1 Å². The van der Waals surface area contributed by atoms with Gasteiger partial charge in [0.15, 0.2) is 0 Å². The van der Waals surface area contributed by atoms with Crippen molar-refractivity contribution in [3.63, 3.8) is 0 Å². The summed E-state index contributed by atoms with van der Waals surface area (Å²) in [5, 5.41) is 1.25. The third-order valence-electron chi connectivity index (χ3n) is 4.12. The lowest BCUT2D eigenvalue weighted by atomic mass is 10.2. The summed E-state index contributed by atoms with van der Waals surface area (Å²) in [5.74, 6) is 0.491. The van der Waals surface area contributed by atoms with Crippen LogP contribution >= 0.6 is 22.9 Å². The predicted molar refractivity (Wildman–Crippen MR) is 108 cm³/mol. The summed E-state index contributed by atoms with van der Waals surface area (Å²) in [6, 6.07) is 14.3. The highest BCUT2D eigenvalue weighted by atomic mass is 35.5. The molecule has 4 rings (SSSR count). The van der Waals surface area contributed by atoms with Crippen LogP contribution in [0.1, 0.15) is 0 Å². The van der Waals surface area contributed by atoms with Gasteiger partial charge in [0.25, 0.3) is 5.56 Å². The van der Waals surface area contributed by atoms with Crippen molar-refractivity contribution >= 4 is 43.2 Å². The number of nitrogens with zero attached hydrogens (tertiary/aromatic N) is 2. The summed E-state index contributed by atoms with van der Waals surface area (Å²) in [7, 11) is 0. The van der Waals surface area contributed by atoms with Crippen molar-refractivity contribution in [3.05, 3.63) is 86.8 Å². The first kappa shape index (κ1) is 16.7. The SMILES string of the molecule is C=CCn1c(-c2ccc(Cl)cc2)nc2sc3ccccc3c(=O)c2c1=O. The van der Waals surface area contributed by atoms with Crippen molar-refractivity contribution in [1.29, 1.82) is 0 Å². The lowest BCUT2D eigenvalue weighted by molar-refractivity contribution is 0.780. The van der Waals surface area contributed by atoms with Gasteiger partial charge in [0.05, 0.1) is 0 Å². The normalized spacial score (nSPS) is 11.1. The fraction of sp³-hybridized carbons (Fsp3) is 0.0500. The van der Waals surface area contributed by atoms with Crippen LogP contribution in [-0.4, -0.2) is 9.55 Å². The molecule has 0 bridgehead atoms. The first-order chi connectivity index (χ1) is 12.6. The van der Waals surface area contributed by atoms with Gasteiger partial charge >= 0.3 is 0 Å². The zero-order valence-electron chi connectivity index (χ0n) is 13.6. The molecule has 0 spiro atoms. The van der Waals surface area contributed by atoms with E-state index >= 15 is 0 Å². The first-order valence-corrected chi connectivity index (χ1v) is 9.13. The monoisotopic (exact) mass is 380 g/mol. The van der Waals surface area contributed by atoms with Crippen LogP contribution < -0.4 is 11.0 Å². The summed E-state index contributed by atoms with van der Waals surface area (Å²) >= 11 is 7.31. The Hall–Kier alpha value is -2.76. The van der Waals surface area contributed by atoms with Crippen LogP contribution in [0.3, 0.4) is 0 Å². The number of hydrogen-bond donors (Lipinski definition) is 0. The van der Waals surface area contributed by atoms with Crippen molar-refractivity contribution in [2.75, 3.05) is 0 Å². The lowest BCUT2D eigenvalue weighted by Gasteiger charge is -2.12. The molecule has 128 valence electrons. The summed E-state index contributed by atoms with van der Waals surface area (Å²) in [4.78, 5) is 31.1. The molecule has 0 fully saturated rings. The molecule has 2 aromatic heterocycles. The van der Waals surface area contributed by atoms with Crippen molar-refractivity contribution in [2.45, 2.75) is 6.54 Å². The van der Waals surface area contributed by atoms with E-state index in [4.69, 9.17) is 11.6 Å². The van der Waals surface area contributed by atoms with Crippen molar-refractivity contribution < 1.29 is 0 Å². The predicted octanol–water partition coefficient (Wildman–Crippen LogP) is 4.48. The maximum absolute atomic E-state index is 13.1. The van der Waals surface area contributed by atoms with Gasteiger partial charge in [-0.3, -0.25) is 14.2 Å². The number of benzene rings is 2. The number of rotatable bonds is 3. The number of hydrogen-bond acceptors (Lipinski definition) is 4. The standard InChI is InChI=1S/C20H13ClN2O2S/c1-2-11-23-18(12-7-9-13(21)10-8-12)22-19-16(20(23)25)17(24)14-5-3-4-6-15(14)26-19/h2-10H,1,11H2. The van der Waals surface area contributed by atoms with Gasteiger partial charge in [-0.2, -0.15) is 0 Å². The zero-order chi connectivity index (χ0) is 18.3. The molecule has 0 amide bonds. The lowest BCUT2D eigenvalue weighted by Crippen LogP contribution is -2.26. The summed E-state index contributed by atoms with van der Waals surface area (Å²) < 4.78 is 2.28. The number of fused-ring (bicyclic) bond motifs is 2. The molecule has 6 heteroatoms. The molecule has 2 aromatic carbocycles. The minimum Gasteiger partial charge on any atom is -0.288 e. The second-order valence-electron chi connectivity index (χ2n) is 5.75. The number of allylic oxidation sites excluding steroid dienone is 1. The Labute approximate surface area is 157 Å². The molecule has 0 unspecified atom stereocenters. The van der Waals surface area contributed by atoms with Gasteiger partial charge in [-0.1, -0.05) is 29.8 Å². The molecular formula is C20H13ClN2O2S. The van der Waals surface area contributed by atoms with E-state index < -0.39 is 0 Å². The van der Waals surface area contributed by atoms with Gasteiger partial charge < -0.3 is 0 Å². The van der Waals surface area contributed by atoms with Crippen molar-refractivity contribution in [3.8, 4) is 11.4 Å². The Kier molecular flexibility index (Phi) is 4.18. The van der Waals surface area contributed by atoms with E-state index in [0.717, 1.165) is 10.3 Å². The quantitative estimate of drug-likeness (QED) is 0.389. The average molecular weight is 381 g/mol. The summed E-state index contributed by atoms with van der Waals surface area (Å²) in [5.41, 5.74) is 0.113. The van der Waals surface area contributed by atoms with E-state index in [1.807, 2.05) is 12.1 Å². The molecule has 0 aliphatic heterocycles. The smallest absolute Gasteiger partial charge is 0.266 e. The molecule has 4 nitrogen and oxygen atoms in total. The summed E-state index contributed by atoms with van der Waals surface area (Å²) in [6.45, 7) is 3.97. The van der Waals surface area contributed by atoms with E-state index in [2.05, 4.69) is 11.6 Å². The Balaban J connectivity index is 2.15. The minimum absolute atomic E-state index is 0.119. The highest BCUT2D eigenvalue weighted by Gasteiger charge is 2.16. The van der Waals surface area contributed by atoms with Gasteiger partial charge in [0, 0.05) is 27.2 Å². The van der Waals surface area contributed by atoms with Crippen LogP contribution in [0.5, 0.6) is 0 Å². The van der Waals surface area contributed by atoms with E-state index in [9.17, 15) is 9.59 Å². The molecule has 0 radical (unpaired) electrons. The van der Waals surface area contributed by atoms with Gasteiger partial charge in [-0.15, -0.1) is 17.9 Å². The van der Waals surface area contributed by atoms with Gasteiger partial charge in [0.2, 0.25) is 5.43 Å². The van der Waals surface area contributed by atoms with Crippen LogP contribution in [0.15, 0.2) is 70.8 Å². The fourth-order valence-electron chi connectivity index (χ4n) is 2.90. The molecule has 0 saturated carbocycles. The first-order valence-electron chi connectivity index (χ1n) is 7.93. The molecule has 2 heterocycles. The molecule has 0 N–H and O–H groups in total. The van der Waals surface area contributed by atoms with Crippen molar-refractivity contribution in [1.82, 2.24) is 9.55 Å². The average Bonchev–Trinajstić information content (AvgIpc) is 2.64. The number of aromatic nitrogens is 2. The fourth-order valence-corrected chi connectivity index (χ4v) is 4.07. The second-order valence-corrected chi connectivity index (χ2v) is 7.22. The Bertz CT molecular complexity index is 1270. The number of halogens is 1. The highest BCUT2D eigenvalue weighted by Crippen LogP contribution is 2.25. The van der Waals surface area contributed by atoms with Gasteiger partial charge in [0.1, 0.15) is 16.0 Å². The van der Waals surface area contributed by atoms with Crippen molar-refractivity contribution in [2.24, 2.45) is 0 Å². The molecule has 0 aliphatic rings. The van der Waals surface area contributed by atoms with Crippen LogP contribution in [-0.2, 0) is 6.54 Å². The maximum atomic E-state index is 13.1. The third kappa shape index (κ3) is 2.66. The molecule has 4 aromatic rings. The van der Waals surface area contributed by atoms with Crippen LogP contribution in [0, 0.1) is 0 Å². The van der Waals surface area contributed by atoms with E-state index in [-0.39, 0.29) is 22.9 Å². The zero-order valence-corrected chi connectivity index (χ0v) is 15.2. The largest absolute Gasteiger partial charge is 0.288 e. The minimum atomic E-state index is -0.355. The second kappa shape index (κ2) is 6.52. The Morgan fingerprint density at radius 3 is 2.58 bits per heavy atom. The molecule has 0 aliphatic carbocycles. The topological polar surface area (TPSA) is 52.0 Å². The molecule has 0 saturated heterocycles. The molecule has 26 heavy (non-hydrogen) atoms. The van der Waals surface area contributed by atoms with E-state index in [1.165, 1.54) is 15.9 Å². The third-order valence-corrected chi connectivity index (χ3v) is 5.43. The molecular weight excluding hydrogens is 368 g/mol. The maximum Gasteiger partial charge on any atom is 0.266 e. The Morgan fingerprint density at radius 2 is 1.85 bits per heavy atom. The van der Waals surface area contributed by atoms with Gasteiger partial charge in [-0.05, 0) is 36.4 Å². The van der Waals surface area contributed by atoms with Gasteiger partial charge in [-0.25, -0.2) is 4.98 Å². The van der Waals surface area contributed by atoms with Crippen LogP contribution in [0.2, 0.25) is 5.02 Å². The van der Waals surface area contributed by atoms with E-state index in [1.54, 1.807) is 42.5 Å². The summed E-state index contributed by atoms with van der Waals surface area (Å²) in [6.07, 6.45) is 1.61. The van der Waals surface area contributed by atoms with Crippen LogP contribution in [0.4, 0.5) is 0 Å². The Morgan fingerprint density at radius 1 is 1.12 bits per heavy atom. The van der Waals surface area contributed by atoms with Crippen LogP contribution in [0.25, 0.3) is 31.7 Å². The highest BCUT2D eigenvalue weighted by molar-refractivity contribution is 7.24. The molecule has 0 atom stereocenters.